The van der Waals surface area contributed by atoms with Gasteiger partial charge in [0.15, 0.2) is 0 Å². The number of nitrogens with one attached hydrogen (secondary N) is 2. The minimum Gasteiger partial charge on any atom is -0.348 e. The number of benzene rings is 1. The Morgan fingerprint density at radius 3 is 2.43 bits per heavy atom. The van der Waals surface area contributed by atoms with Gasteiger partial charge in [-0.2, -0.15) is 0 Å². The fourth-order valence-corrected chi connectivity index (χ4v) is 3.94. The fraction of sp³-hybridized carbons (Fsp3) is 0.467. The first-order valence-electron chi connectivity index (χ1n) is 7.63. The van der Waals surface area contributed by atoms with Crippen LogP contribution in [0, 0.1) is 0 Å². The molecule has 1 saturated heterocycles. The molecule has 1 heterocycles. The van der Waals surface area contributed by atoms with Crippen LogP contribution in [0.2, 0.25) is 0 Å². The number of rotatable bonds is 4. The maximum atomic E-state index is 12.0. The van der Waals surface area contributed by atoms with Crippen LogP contribution in [-0.2, 0) is 19.6 Å². The van der Waals surface area contributed by atoms with Gasteiger partial charge in [-0.05, 0) is 43.5 Å². The monoisotopic (exact) mass is 339 g/mol. The van der Waals surface area contributed by atoms with Crippen LogP contribution in [0.15, 0.2) is 24.3 Å². The second-order valence-corrected chi connectivity index (χ2v) is 7.37. The summed E-state index contributed by atoms with van der Waals surface area (Å²) in [6.07, 6.45) is 2.26. The molecule has 0 saturated carbocycles. The van der Waals surface area contributed by atoms with Crippen LogP contribution in [0.1, 0.15) is 26.2 Å². The number of carbonyl (C=O) groups excluding carboxylic acids is 2. The van der Waals surface area contributed by atoms with Crippen molar-refractivity contribution in [2.75, 3.05) is 28.5 Å². The molecule has 1 aromatic rings. The Morgan fingerprint density at radius 2 is 1.83 bits per heavy atom. The van der Waals surface area contributed by atoms with Crippen molar-refractivity contribution in [1.82, 2.24) is 5.32 Å². The SMILES string of the molecule is CCCNC(=O)C(=O)Nc1ccc(N2CCCCS2(=O)=O)cc1. The van der Waals surface area contributed by atoms with E-state index in [2.05, 4.69) is 10.6 Å². The maximum Gasteiger partial charge on any atom is 0.313 e. The highest BCUT2D eigenvalue weighted by atomic mass is 32.2. The molecule has 126 valence electrons. The van der Waals surface area contributed by atoms with Gasteiger partial charge in [-0.1, -0.05) is 6.92 Å². The first-order valence-corrected chi connectivity index (χ1v) is 9.24. The zero-order chi connectivity index (χ0) is 16.9. The highest BCUT2D eigenvalue weighted by Crippen LogP contribution is 2.24. The van der Waals surface area contributed by atoms with E-state index >= 15 is 0 Å². The van der Waals surface area contributed by atoms with Gasteiger partial charge in [-0.15, -0.1) is 0 Å². The van der Waals surface area contributed by atoms with Gasteiger partial charge in [-0.3, -0.25) is 13.9 Å². The predicted molar refractivity (Wildman–Crippen MR) is 88.7 cm³/mol. The van der Waals surface area contributed by atoms with Gasteiger partial charge < -0.3 is 10.6 Å². The Bertz CT molecular complexity index is 670. The summed E-state index contributed by atoms with van der Waals surface area (Å²) in [6, 6.07) is 6.43. The minimum atomic E-state index is -3.25. The van der Waals surface area contributed by atoms with Crippen LogP contribution in [0.4, 0.5) is 11.4 Å². The van der Waals surface area contributed by atoms with E-state index in [0.717, 1.165) is 12.8 Å². The third-order valence-corrected chi connectivity index (χ3v) is 5.37. The Morgan fingerprint density at radius 1 is 1.13 bits per heavy atom. The van der Waals surface area contributed by atoms with Crippen molar-refractivity contribution in [2.45, 2.75) is 26.2 Å². The van der Waals surface area contributed by atoms with E-state index in [0.29, 0.717) is 30.9 Å². The quantitative estimate of drug-likeness (QED) is 0.803. The molecular weight excluding hydrogens is 318 g/mol. The van der Waals surface area contributed by atoms with Crippen molar-refractivity contribution in [3.8, 4) is 0 Å². The largest absolute Gasteiger partial charge is 0.348 e. The molecule has 2 rings (SSSR count). The van der Waals surface area contributed by atoms with Gasteiger partial charge in [0.2, 0.25) is 10.0 Å². The average Bonchev–Trinajstić information content (AvgIpc) is 2.53. The Balaban J connectivity index is 2.02. The topological polar surface area (TPSA) is 95.6 Å². The predicted octanol–water partition coefficient (Wildman–Crippen LogP) is 1.08. The minimum absolute atomic E-state index is 0.156. The van der Waals surface area contributed by atoms with Crippen LogP contribution in [0.3, 0.4) is 0 Å². The van der Waals surface area contributed by atoms with Crippen molar-refractivity contribution in [2.24, 2.45) is 0 Å². The molecular formula is C15H21N3O4S. The summed E-state index contributed by atoms with van der Waals surface area (Å²) in [4.78, 5) is 23.2. The number of anilines is 2. The third-order valence-electron chi connectivity index (χ3n) is 3.50. The number of hydrogen-bond donors (Lipinski definition) is 2. The Hall–Kier alpha value is -2.09. The van der Waals surface area contributed by atoms with E-state index in [9.17, 15) is 18.0 Å². The summed E-state index contributed by atoms with van der Waals surface area (Å²) in [6.45, 7) is 2.80. The number of sulfonamides is 1. The Kier molecular flexibility index (Phi) is 5.59. The molecule has 1 aromatic carbocycles. The zero-order valence-corrected chi connectivity index (χ0v) is 13.9. The van der Waals surface area contributed by atoms with E-state index in [1.54, 1.807) is 24.3 Å². The number of carbonyl (C=O) groups is 2. The van der Waals surface area contributed by atoms with Crippen molar-refractivity contribution >= 4 is 33.2 Å². The zero-order valence-electron chi connectivity index (χ0n) is 13.0. The first kappa shape index (κ1) is 17.3. The van der Waals surface area contributed by atoms with Gasteiger partial charge in [0.1, 0.15) is 0 Å². The number of nitrogens with zero attached hydrogens (tertiary/aromatic N) is 1. The van der Waals surface area contributed by atoms with Gasteiger partial charge >= 0.3 is 11.8 Å². The summed E-state index contributed by atoms with van der Waals surface area (Å²) < 4.78 is 25.5. The molecule has 23 heavy (non-hydrogen) atoms. The van der Waals surface area contributed by atoms with Gasteiger partial charge in [-0.25, -0.2) is 8.42 Å². The molecule has 1 aliphatic heterocycles. The van der Waals surface area contributed by atoms with Crippen LogP contribution in [0.5, 0.6) is 0 Å². The van der Waals surface area contributed by atoms with Crippen LogP contribution >= 0.6 is 0 Å². The highest BCUT2D eigenvalue weighted by molar-refractivity contribution is 7.92. The summed E-state index contributed by atoms with van der Waals surface area (Å²) in [5.74, 6) is -1.27. The van der Waals surface area contributed by atoms with Crippen LogP contribution < -0.4 is 14.9 Å². The molecule has 0 spiro atoms. The molecule has 1 aliphatic rings. The molecule has 0 bridgehead atoms. The number of hydrogen-bond acceptors (Lipinski definition) is 4. The lowest BCUT2D eigenvalue weighted by molar-refractivity contribution is -0.136. The molecule has 8 heteroatoms. The molecule has 2 N–H and O–H groups in total. The molecule has 7 nitrogen and oxygen atoms in total. The summed E-state index contributed by atoms with van der Waals surface area (Å²) in [7, 11) is -3.25. The third kappa shape index (κ3) is 4.44. The lowest BCUT2D eigenvalue weighted by Crippen LogP contribution is -2.37. The first-order chi connectivity index (χ1) is 10.9. The molecule has 0 aliphatic carbocycles. The van der Waals surface area contributed by atoms with Gasteiger partial charge in [0.25, 0.3) is 0 Å². The lowest BCUT2D eigenvalue weighted by Gasteiger charge is -2.28. The normalized spacial score (nSPS) is 16.7. The number of amides is 2. The van der Waals surface area contributed by atoms with E-state index in [1.807, 2.05) is 6.92 Å². The van der Waals surface area contributed by atoms with Crippen molar-refractivity contribution in [1.29, 1.82) is 0 Å². The summed E-state index contributed by atoms with van der Waals surface area (Å²) >= 11 is 0. The lowest BCUT2D eigenvalue weighted by atomic mass is 10.2. The fourth-order valence-electron chi connectivity index (χ4n) is 2.30. The van der Waals surface area contributed by atoms with E-state index in [1.165, 1.54) is 4.31 Å². The second-order valence-electron chi connectivity index (χ2n) is 5.35. The van der Waals surface area contributed by atoms with Crippen molar-refractivity contribution in [3.63, 3.8) is 0 Å². The van der Waals surface area contributed by atoms with Gasteiger partial charge in [0, 0.05) is 18.8 Å². The molecule has 0 radical (unpaired) electrons. The molecule has 0 aromatic heterocycles. The smallest absolute Gasteiger partial charge is 0.313 e. The molecule has 1 fully saturated rings. The summed E-state index contributed by atoms with van der Waals surface area (Å²) in [5, 5.41) is 4.97. The van der Waals surface area contributed by atoms with Gasteiger partial charge in [0.05, 0.1) is 11.4 Å². The second kappa shape index (κ2) is 7.45. The van der Waals surface area contributed by atoms with E-state index in [4.69, 9.17) is 0 Å². The molecule has 0 unspecified atom stereocenters. The summed E-state index contributed by atoms with van der Waals surface area (Å²) in [5.41, 5.74) is 1.01. The van der Waals surface area contributed by atoms with Crippen LogP contribution in [0.25, 0.3) is 0 Å². The maximum absolute atomic E-state index is 12.0. The van der Waals surface area contributed by atoms with Crippen LogP contribution in [-0.4, -0.2) is 39.1 Å². The van der Waals surface area contributed by atoms with Crippen molar-refractivity contribution in [3.05, 3.63) is 24.3 Å². The average molecular weight is 339 g/mol. The Labute approximate surface area is 136 Å². The van der Waals surface area contributed by atoms with E-state index in [-0.39, 0.29) is 5.75 Å². The standard InChI is InChI=1S/C15H21N3O4S/c1-2-9-16-14(19)15(20)17-12-5-7-13(8-6-12)18-10-3-4-11-23(18,21)22/h5-8H,2-4,9-11H2,1H3,(H,16,19)(H,17,20). The molecule has 2 amide bonds. The highest BCUT2D eigenvalue weighted by Gasteiger charge is 2.25. The van der Waals surface area contributed by atoms with E-state index < -0.39 is 21.8 Å². The van der Waals surface area contributed by atoms with Crippen molar-refractivity contribution < 1.29 is 18.0 Å². The molecule has 0 atom stereocenters.